The van der Waals surface area contributed by atoms with Crippen LogP contribution in [0.2, 0.25) is 5.02 Å². The van der Waals surface area contributed by atoms with Gasteiger partial charge in [-0.1, -0.05) is 51.8 Å². The molecule has 0 aromatic heterocycles. The molecule has 23 heavy (non-hydrogen) atoms. The van der Waals surface area contributed by atoms with Gasteiger partial charge in [-0.3, -0.25) is 4.79 Å². The molecule has 3 aromatic rings. The molecule has 5 heteroatoms. The third kappa shape index (κ3) is 4.08. The Labute approximate surface area is 152 Å². The number of hydrogen-bond donors (Lipinski definition) is 1. The molecule has 0 saturated carbocycles. The Bertz CT molecular complexity index is 846. The number of benzene rings is 3. The minimum Gasteiger partial charge on any atom is -0.325 e. The molecular weight excluding hydrogens is 394 g/mol. The lowest BCUT2D eigenvalue weighted by molar-refractivity contribution is -0.113. The summed E-state index contributed by atoms with van der Waals surface area (Å²) in [7, 11) is 0. The summed E-state index contributed by atoms with van der Waals surface area (Å²) in [5.41, 5.74) is 0.787. The number of carbonyl (C=O) groups is 1. The number of rotatable bonds is 4. The van der Waals surface area contributed by atoms with Crippen molar-refractivity contribution in [2.75, 3.05) is 11.1 Å². The fraction of sp³-hybridized carbons (Fsp3) is 0.0556. The number of carbonyl (C=O) groups excluding carboxylic acids is 1. The molecule has 0 bridgehead atoms. The van der Waals surface area contributed by atoms with Crippen LogP contribution in [0.4, 0.5) is 5.69 Å². The van der Waals surface area contributed by atoms with Gasteiger partial charge < -0.3 is 5.32 Å². The summed E-state index contributed by atoms with van der Waals surface area (Å²) >= 11 is 11.2. The Hall–Kier alpha value is -1.49. The number of thioether (sulfide) groups is 1. The second kappa shape index (κ2) is 7.39. The van der Waals surface area contributed by atoms with Gasteiger partial charge in [-0.2, -0.15) is 0 Å². The quantitative estimate of drug-likeness (QED) is 0.539. The molecule has 3 rings (SSSR count). The Morgan fingerprint density at radius 1 is 1.04 bits per heavy atom. The van der Waals surface area contributed by atoms with Crippen molar-refractivity contribution in [3.05, 3.63) is 70.2 Å². The van der Waals surface area contributed by atoms with Crippen LogP contribution in [-0.2, 0) is 4.79 Å². The molecule has 3 aromatic carbocycles. The number of amides is 1. The zero-order valence-corrected chi connectivity index (χ0v) is 15.2. The summed E-state index contributed by atoms with van der Waals surface area (Å²) in [4.78, 5) is 13.1. The SMILES string of the molecule is O=C(CSc1cccc2cccc(Cl)c12)Nc1ccc(Br)cc1. The van der Waals surface area contributed by atoms with Gasteiger partial charge in [-0.15, -0.1) is 11.8 Å². The van der Waals surface area contributed by atoms with Crippen molar-refractivity contribution in [3.63, 3.8) is 0 Å². The first-order valence-corrected chi connectivity index (χ1v) is 9.14. The summed E-state index contributed by atoms with van der Waals surface area (Å²) in [6.07, 6.45) is 0. The first kappa shape index (κ1) is 16.4. The summed E-state index contributed by atoms with van der Waals surface area (Å²) in [5, 5.41) is 5.67. The lowest BCUT2D eigenvalue weighted by atomic mass is 10.1. The third-order valence-corrected chi connectivity index (χ3v) is 5.20. The van der Waals surface area contributed by atoms with Crippen molar-refractivity contribution in [2.24, 2.45) is 0 Å². The van der Waals surface area contributed by atoms with E-state index in [2.05, 4.69) is 21.2 Å². The van der Waals surface area contributed by atoms with E-state index in [0.29, 0.717) is 10.8 Å². The topological polar surface area (TPSA) is 29.1 Å². The van der Waals surface area contributed by atoms with Crippen molar-refractivity contribution >= 4 is 61.7 Å². The highest BCUT2D eigenvalue weighted by atomic mass is 79.9. The van der Waals surface area contributed by atoms with Crippen LogP contribution in [0.1, 0.15) is 0 Å². The predicted molar refractivity (Wildman–Crippen MR) is 102 cm³/mol. The minimum absolute atomic E-state index is 0.0404. The molecule has 1 amide bonds. The monoisotopic (exact) mass is 405 g/mol. The Balaban J connectivity index is 1.71. The van der Waals surface area contributed by atoms with Crippen molar-refractivity contribution in [2.45, 2.75) is 4.90 Å². The normalized spacial score (nSPS) is 10.7. The number of fused-ring (bicyclic) bond motifs is 1. The number of anilines is 1. The van der Waals surface area contributed by atoms with Crippen LogP contribution in [-0.4, -0.2) is 11.7 Å². The Morgan fingerprint density at radius 3 is 2.48 bits per heavy atom. The van der Waals surface area contributed by atoms with Crippen molar-refractivity contribution in [1.29, 1.82) is 0 Å². The van der Waals surface area contributed by atoms with Crippen LogP contribution in [0.15, 0.2) is 70.0 Å². The number of nitrogens with one attached hydrogen (secondary N) is 1. The highest BCUT2D eigenvalue weighted by Crippen LogP contribution is 2.33. The molecule has 0 atom stereocenters. The van der Waals surface area contributed by atoms with Crippen molar-refractivity contribution in [3.8, 4) is 0 Å². The zero-order valence-electron chi connectivity index (χ0n) is 12.1. The van der Waals surface area contributed by atoms with E-state index >= 15 is 0 Å². The lowest BCUT2D eigenvalue weighted by Crippen LogP contribution is -2.13. The van der Waals surface area contributed by atoms with E-state index in [4.69, 9.17) is 11.6 Å². The highest BCUT2D eigenvalue weighted by molar-refractivity contribution is 9.10. The lowest BCUT2D eigenvalue weighted by Gasteiger charge is -2.09. The third-order valence-electron chi connectivity index (χ3n) is 3.30. The second-order valence-electron chi connectivity index (χ2n) is 4.94. The molecule has 0 unspecified atom stereocenters. The number of halogens is 2. The van der Waals surface area contributed by atoms with Gasteiger partial charge in [0, 0.05) is 25.5 Å². The molecule has 0 fully saturated rings. The van der Waals surface area contributed by atoms with Crippen LogP contribution in [0.25, 0.3) is 10.8 Å². The molecule has 2 nitrogen and oxygen atoms in total. The van der Waals surface area contributed by atoms with Crippen LogP contribution >= 0.6 is 39.3 Å². The van der Waals surface area contributed by atoms with Crippen LogP contribution in [0, 0.1) is 0 Å². The smallest absolute Gasteiger partial charge is 0.234 e. The largest absolute Gasteiger partial charge is 0.325 e. The summed E-state index contributed by atoms with van der Waals surface area (Å²) in [6.45, 7) is 0. The van der Waals surface area contributed by atoms with Gasteiger partial charge >= 0.3 is 0 Å². The van der Waals surface area contributed by atoms with Crippen LogP contribution < -0.4 is 5.32 Å². The Morgan fingerprint density at radius 2 is 1.74 bits per heavy atom. The van der Waals surface area contributed by atoms with Gasteiger partial charge in [0.1, 0.15) is 0 Å². The van der Waals surface area contributed by atoms with Crippen LogP contribution in [0.3, 0.4) is 0 Å². The van der Waals surface area contributed by atoms with Crippen molar-refractivity contribution < 1.29 is 4.79 Å². The van der Waals surface area contributed by atoms with Gasteiger partial charge in [0.2, 0.25) is 5.91 Å². The summed E-state index contributed by atoms with van der Waals surface area (Å²) < 4.78 is 0.982. The fourth-order valence-electron chi connectivity index (χ4n) is 2.26. The second-order valence-corrected chi connectivity index (χ2v) is 7.28. The maximum Gasteiger partial charge on any atom is 0.234 e. The maximum absolute atomic E-state index is 12.1. The average Bonchev–Trinajstić information content (AvgIpc) is 2.55. The van der Waals surface area contributed by atoms with E-state index in [9.17, 15) is 4.79 Å². The molecule has 0 saturated heterocycles. The zero-order chi connectivity index (χ0) is 16.2. The van der Waals surface area contributed by atoms with Gasteiger partial charge in [0.25, 0.3) is 0 Å². The average molecular weight is 407 g/mol. The molecule has 0 aliphatic rings. The van der Waals surface area contributed by atoms with E-state index in [1.165, 1.54) is 11.8 Å². The van der Waals surface area contributed by atoms with E-state index in [-0.39, 0.29) is 5.91 Å². The molecule has 116 valence electrons. The maximum atomic E-state index is 12.1. The van der Waals surface area contributed by atoms with E-state index in [0.717, 1.165) is 25.8 Å². The first-order valence-electron chi connectivity index (χ1n) is 6.99. The summed E-state index contributed by atoms with van der Waals surface area (Å²) in [6, 6.07) is 19.3. The van der Waals surface area contributed by atoms with Gasteiger partial charge in [0.15, 0.2) is 0 Å². The van der Waals surface area contributed by atoms with Gasteiger partial charge in [-0.25, -0.2) is 0 Å². The molecule has 0 aliphatic carbocycles. The molecular formula is C18H13BrClNOS. The highest BCUT2D eigenvalue weighted by Gasteiger charge is 2.08. The molecule has 0 aliphatic heterocycles. The molecule has 0 spiro atoms. The minimum atomic E-state index is -0.0404. The van der Waals surface area contributed by atoms with Crippen molar-refractivity contribution in [1.82, 2.24) is 0 Å². The fourth-order valence-corrected chi connectivity index (χ4v) is 3.77. The number of hydrogen-bond acceptors (Lipinski definition) is 2. The molecule has 0 radical (unpaired) electrons. The van der Waals surface area contributed by atoms with E-state index in [1.54, 1.807) is 0 Å². The van der Waals surface area contributed by atoms with Gasteiger partial charge in [0.05, 0.1) is 5.75 Å². The van der Waals surface area contributed by atoms with Gasteiger partial charge in [-0.05, 0) is 41.8 Å². The summed E-state index contributed by atoms with van der Waals surface area (Å²) in [5.74, 6) is 0.293. The molecule has 0 heterocycles. The first-order chi connectivity index (χ1) is 11.1. The van der Waals surface area contributed by atoms with E-state index in [1.807, 2.05) is 60.7 Å². The molecule has 1 N–H and O–H groups in total. The Kier molecular flexibility index (Phi) is 5.26. The van der Waals surface area contributed by atoms with E-state index < -0.39 is 0 Å². The predicted octanol–water partition coefficient (Wildman–Crippen LogP) is 5.99. The van der Waals surface area contributed by atoms with Crippen LogP contribution in [0.5, 0.6) is 0 Å². The standard InChI is InChI=1S/C18H13BrClNOS/c19-13-7-9-14(10-8-13)21-17(22)11-23-16-6-2-4-12-3-1-5-15(20)18(12)16/h1-10H,11H2,(H,21,22).